The summed E-state index contributed by atoms with van der Waals surface area (Å²) in [5.74, 6) is 0.542. The van der Waals surface area contributed by atoms with Crippen LogP contribution in [0.3, 0.4) is 0 Å². The summed E-state index contributed by atoms with van der Waals surface area (Å²) in [6.07, 6.45) is 8.74. The lowest BCUT2D eigenvalue weighted by Gasteiger charge is -2.33. The molecule has 2 aromatic heterocycles. The second-order valence-electron chi connectivity index (χ2n) is 8.27. The van der Waals surface area contributed by atoms with Gasteiger partial charge in [0.05, 0.1) is 17.1 Å². The van der Waals surface area contributed by atoms with Crippen LogP contribution in [0.25, 0.3) is 22.0 Å². The van der Waals surface area contributed by atoms with Crippen molar-refractivity contribution in [3.05, 3.63) is 78.0 Å². The molecular weight excluding hydrogens is 401 g/mol. The third kappa shape index (κ3) is 3.71. The molecule has 4 aromatic rings. The maximum absolute atomic E-state index is 15.1. The molecule has 0 spiro atoms. The first-order chi connectivity index (χ1) is 15.7. The number of fused-ring (bicyclic) bond motifs is 1. The summed E-state index contributed by atoms with van der Waals surface area (Å²) in [6.45, 7) is 3.85. The van der Waals surface area contributed by atoms with Crippen LogP contribution in [-0.2, 0) is 6.42 Å². The molecule has 5 nitrogen and oxygen atoms in total. The van der Waals surface area contributed by atoms with E-state index in [-0.39, 0.29) is 5.82 Å². The lowest BCUT2D eigenvalue weighted by atomic mass is 10.0. The smallest absolute Gasteiger partial charge is 0.225 e. The SMILES string of the molecule is CCc1cnc(N2CCC(n3ccc4cc(-c5ccc(C#N)cc5)c(F)cc43)CC2)nc1. The first-order valence-electron chi connectivity index (χ1n) is 11.0. The van der Waals surface area contributed by atoms with Gasteiger partial charge in [0.1, 0.15) is 5.82 Å². The highest BCUT2D eigenvalue weighted by Crippen LogP contribution is 2.33. The largest absolute Gasteiger partial charge is 0.344 e. The van der Waals surface area contributed by atoms with Gasteiger partial charge in [-0.15, -0.1) is 0 Å². The summed E-state index contributed by atoms with van der Waals surface area (Å²) < 4.78 is 17.3. The Morgan fingerprint density at radius 3 is 2.44 bits per heavy atom. The number of rotatable bonds is 4. The Morgan fingerprint density at radius 1 is 1.06 bits per heavy atom. The molecule has 5 rings (SSSR count). The van der Waals surface area contributed by atoms with Crippen molar-refractivity contribution < 1.29 is 4.39 Å². The van der Waals surface area contributed by atoms with E-state index in [0.29, 0.717) is 17.2 Å². The molecule has 0 radical (unpaired) electrons. The van der Waals surface area contributed by atoms with Gasteiger partial charge in [-0.2, -0.15) is 5.26 Å². The van der Waals surface area contributed by atoms with E-state index in [9.17, 15) is 0 Å². The van der Waals surface area contributed by atoms with Gasteiger partial charge in [-0.05, 0) is 60.7 Å². The molecule has 0 unspecified atom stereocenters. The van der Waals surface area contributed by atoms with Crippen LogP contribution in [0.2, 0.25) is 0 Å². The number of halogens is 1. The fraction of sp³-hybridized carbons (Fsp3) is 0.269. The lowest BCUT2D eigenvalue weighted by molar-refractivity contribution is 0.402. The maximum Gasteiger partial charge on any atom is 0.225 e. The van der Waals surface area contributed by atoms with Crippen molar-refractivity contribution in [2.75, 3.05) is 18.0 Å². The van der Waals surface area contributed by atoms with Gasteiger partial charge in [0.2, 0.25) is 5.95 Å². The Morgan fingerprint density at radius 2 is 1.78 bits per heavy atom. The second kappa shape index (κ2) is 8.43. The van der Waals surface area contributed by atoms with E-state index in [1.54, 1.807) is 30.3 Å². The molecule has 1 fully saturated rings. The second-order valence-corrected chi connectivity index (χ2v) is 8.27. The number of piperidine rings is 1. The summed E-state index contributed by atoms with van der Waals surface area (Å²) in [6, 6.07) is 15.1. The van der Waals surface area contributed by atoms with Gasteiger partial charge < -0.3 is 9.47 Å². The molecular formula is C26H24FN5. The van der Waals surface area contributed by atoms with Crippen LogP contribution < -0.4 is 4.90 Å². The summed E-state index contributed by atoms with van der Waals surface area (Å²) in [5, 5.41) is 10.0. The van der Waals surface area contributed by atoms with Crippen LogP contribution >= 0.6 is 0 Å². The highest BCUT2D eigenvalue weighted by molar-refractivity contribution is 5.86. The summed E-state index contributed by atoms with van der Waals surface area (Å²) in [7, 11) is 0. The van der Waals surface area contributed by atoms with E-state index in [0.717, 1.165) is 60.3 Å². The van der Waals surface area contributed by atoms with Crippen molar-refractivity contribution in [1.29, 1.82) is 5.26 Å². The Labute approximate surface area is 186 Å². The molecule has 0 bridgehead atoms. The number of anilines is 1. The number of nitriles is 1. The maximum atomic E-state index is 15.1. The molecule has 0 atom stereocenters. The summed E-state index contributed by atoms with van der Waals surface area (Å²) in [4.78, 5) is 11.3. The third-order valence-electron chi connectivity index (χ3n) is 6.37. The highest BCUT2D eigenvalue weighted by atomic mass is 19.1. The number of nitrogens with zero attached hydrogens (tertiary/aromatic N) is 5. The first kappa shape index (κ1) is 20.2. The van der Waals surface area contributed by atoms with Crippen LogP contribution in [0, 0.1) is 17.1 Å². The zero-order valence-corrected chi connectivity index (χ0v) is 18.0. The predicted molar refractivity (Wildman–Crippen MR) is 124 cm³/mol. The van der Waals surface area contributed by atoms with Crippen LogP contribution in [0.1, 0.15) is 36.9 Å². The topological polar surface area (TPSA) is 57.7 Å². The average molecular weight is 426 g/mol. The molecule has 6 heteroatoms. The average Bonchev–Trinajstić information content (AvgIpc) is 3.26. The lowest BCUT2D eigenvalue weighted by Crippen LogP contribution is -2.35. The normalized spacial score (nSPS) is 14.6. The van der Waals surface area contributed by atoms with Gasteiger partial charge in [0.25, 0.3) is 0 Å². The number of hydrogen-bond donors (Lipinski definition) is 0. The summed E-state index contributed by atoms with van der Waals surface area (Å²) in [5.41, 5.74) is 3.96. The predicted octanol–water partition coefficient (Wildman–Crippen LogP) is 5.51. The van der Waals surface area contributed by atoms with Gasteiger partial charge in [0, 0.05) is 48.7 Å². The first-order valence-corrected chi connectivity index (χ1v) is 11.0. The Hall–Kier alpha value is -3.72. The van der Waals surface area contributed by atoms with E-state index in [2.05, 4.69) is 44.7 Å². The number of benzene rings is 2. The van der Waals surface area contributed by atoms with E-state index in [4.69, 9.17) is 5.26 Å². The molecule has 0 N–H and O–H groups in total. The number of hydrogen-bond acceptors (Lipinski definition) is 4. The minimum atomic E-state index is -0.246. The minimum absolute atomic E-state index is 0.246. The molecule has 1 aliphatic rings. The Balaban J connectivity index is 1.36. The van der Waals surface area contributed by atoms with Crippen LogP contribution in [0.5, 0.6) is 0 Å². The third-order valence-corrected chi connectivity index (χ3v) is 6.37. The van der Waals surface area contributed by atoms with Gasteiger partial charge in [-0.1, -0.05) is 19.1 Å². The van der Waals surface area contributed by atoms with Gasteiger partial charge in [-0.25, -0.2) is 14.4 Å². The fourth-order valence-corrected chi connectivity index (χ4v) is 4.48. The van der Waals surface area contributed by atoms with Crippen LogP contribution in [-0.4, -0.2) is 27.6 Å². The van der Waals surface area contributed by atoms with E-state index < -0.39 is 0 Å². The van der Waals surface area contributed by atoms with Crippen molar-refractivity contribution in [2.24, 2.45) is 0 Å². The fourth-order valence-electron chi connectivity index (χ4n) is 4.48. The number of aromatic nitrogens is 3. The molecule has 0 aliphatic carbocycles. The zero-order chi connectivity index (χ0) is 22.1. The molecule has 0 saturated carbocycles. The highest BCUT2D eigenvalue weighted by Gasteiger charge is 2.23. The zero-order valence-electron chi connectivity index (χ0n) is 18.0. The van der Waals surface area contributed by atoms with Gasteiger partial charge in [0.15, 0.2) is 0 Å². The Bertz CT molecular complexity index is 1280. The quantitative estimate of drug-likeness (QED) is 0.432. The molecule has 32 heavy (non-hydrogen) atoms. The van der Waals surface area contributed by atoms with Crippen LogP contribution in [0.15, 0.2) is 61.1 Å². The van der Waals surface area contributed by atoms with E-state index >= 15 is 4.39 Å². The number of aryl methyl sites for hydroxylation is 1. The molecule has 3 heterocycles. The monoisotopic (exact) mass is 425 g/mol. The van der Waals surface area contributed by atoms with Crippen molar-refractivity contribution in [3.8, 4) is 17.2 Å². The van der Waals surface area contributed by atoms with Gasteiger partial charge >= 0.3 is 0 Å². The molecule has 160 valence electrons. The standard InChI is InChI=1S/C26H24FN5/c1-2-18-16-29-26(30-17-18)31-10-8-22(9-11-31)32-12-7-21-13-23(24(27)14-25(21)32)20-5-3-19(15-28)4-6-20/h3-7,12-14,16-17,22H,2,8-11H2,1H3. The molecule has 0 amide bonds. The van der Waals surface area contributed by atoms with E-state index in [1.165, 1.54) is 0 Å². The van der Waals surface area contributed by atoms with Crippen molar-refractivity contribution in [2.45, 2.75) is 32.2 Å². The van der Waals surface area contributed by atoms with Crippen molar-refractivity contribution >= 4 is 16.9 Å². The van der Waals surface area contributed by atoms with E-state index in [1.807, 2.05) is 18.5 Å². The van der Waals surface area contributed by atoms with Crippen LogP contribution in [0.4, 0.5) is 10.3 Å². The minimum Gasteiger partial charge on any atom is -0.344 e. The molecule has 1 saturated heterocycles. The van der Waals surface area contributed by atoms with Crippen molar-refractivity contribution in [1.82, 2.24) is 14.5 Å². The molecule has 2 aromatic carbocycles. The molecule has 1 aliphatic heterocycles. The summed E-state index contributed by atoms with van der Waals surface area (Å²) >= 11 is 0. The Kier molecular flexibility index (Phi) is 5.32. The van der Waals surface area contributed by atoms with Gasteiger partial charge in [-0.3, -0.25) is 0 Å². The van der Waals surface area contributed by atoms with Crippen molar-refractivity contribution in [3.63, 3.8) is 0 Å².